The minimum atomic E-state index is -3.34. The van der Waals surface area contributed by atoms with Gasteiger partial charge in [-0.15, -0.1) is 0 Å². The largest absolute Gasteiger partial charge is 0.326 e. The zero-order chi connectivity index (χ0) is 20.6. The molecule has 0 bridgehead atoms. The number of benzene rings is 2. The first-order chi connectivity index (χ1) is 13.3. The van der Waals surface area contributed by atoms with Crippen LogP contribution in [0.1, 0.15) is 49.0 Å². The lowest BCUT2D eigenvalue weighted by molar-refractivity contribution is -0.116. The number of hydrogen-bond acceptors (Lipinski definition) is 4. The van der Waals surface area contributed by atoms with Gasteiger partial charge in [0.2, 0.25) is 15.9 Å². The highest BCUT2D eigenvalue weighted by Gasteiger charge is 2.11. The molecule has 1 amide bonds. The average Bonchev–Trinajstić information content (AvgIpc) is 2.67. The summed E-state index contributed by atoms with van der Waals surface area (Å²) < 4.78 is 26.0. The number of carbonyl (C=O) groups is 2. The summed E-state index contributed by atoms with van der Waals surface area (Å²) >= 11 is 0. The van der Waals surface area contributed by atoms with Crippen LogP contribution >= 0.6 is 0 Å². The van der Waals surface area contributed by atoms with Crippen molar-refractivity contribution in [2.45, 2.75) is 39.5 Å². The summed E-state index contributed by atoms with van der Waals surface area (Å²) in [5.74, 6) is -0.280. The first kappa shape index (κ1) is 21.6. The molecule has 0 atom stereocenters. The fraction of sp³-hybridized carbons (Fsp3) is 0.333. The molecule has 7 heteroatoms. The molecule has 0 heterocycles. The van der Waals surface area contributed by atoms with Crippen molar-refractivity contribution < 1.29 is 18.0 Å². The monoisotopic (exact) mass is 402 g/mol. The summed E-state index contributed by atoms with van der Waals surface area (Å²) in [6.45, 7) is 3.84. The first-order valence-corrected chi connectivity index (χ1v) is 11.0. The van der Waals surface area contributed by atoms with Crippen LogP contribution in [0.25, 0.3) is 0 Å². The van der Waals surface area contributed by atoms with E-state index in [1.54, 1.807) is 43.3 Å². The highest BCUT2D eigenvalue weighted by Crippen LogP contribution is 2.16. The van der Waals surface area contributed by atoms with Crippen LogP contribution in [0.3, 0.4) is 0 Å². The topological polar surface area (TPSA) is 92.3 Å². The van der Waals surface area contributed by atoms with Gasteiger partial charge in [-0.3, -0.25) is 14.3 Å². The van der Waals surface area contributed by atoms with E-state index in [9.17, 15) is 18.0 Å². The summed E-state index contributed by atoms with van der Waals surface area (Å²) in [5.41, 5.74) is 2.75. The van der Waals surface area contributed by atoms with Gasteiger partial charge in [-0.2, -0.15) is 0 Å². The zero-order valence-corrected chi connectivity index (χ0v) is 17.0. The van der Waals surface area contributed by atoms with Crippen molar-refractivity contribution in [3.05, 3.63) is 59.7 Å². The van der Waals surface area contributed by atoms with Crippen LogP contribution in [0.5, 0.6) is 0 Å². The van der Waals surface area contributed by atoms with Crippen LogP contribution in [0, 0.1) is 0 Å². The fourth-order valence-electron chi connectivity index (χ4n) is 2.64. The van der Waals surface area contributed by atoms with E-state index in [1.165, 1.54) is 0 Å². The molecule has 2 aromatic rings. The minimum absolute atomic E-state index is 0.0562. The summed E-state index contributed by atoms with van der Waals surface area (Å²) in [7, 11) is -3.34. The summed E-state index contributed by atoms with van der Waals surface area (Å²) in [4.78, 5) is 24.3. The number of nitrogens with one attached hydrogen (secondary N) is 2. The number of sulfonamides is 1. The number of Topliss-reactive ketones (excluding diaryl/α,β-unsaturated/α-hetero) is 1. The smallest absolute Gasteiger partial charge is 0.232 e. The molecule has 0 unspecified atom stereocenters. The molecule has 2 rings (SSSR count). The average molecular weight is 403 g/mol. The van der Waals surface area contributed by atoms with Gasteiger partial charge < -0.3 is 5.32 Å². The Morgan fingerprint density at radius 1 is 0.857 bits per heavy atom. The second-order valence-corrected chi connectivity index (χ2v) is 8.36. The standard InChI is InChI=1S/C21H26N2O4S/c1-3-15-28(26,27)23-19-11-9-18(10-12-19)22-21(25)14-13-20(24)17-7-5-16(4-2)6-8-17/h5-12,23H,3-4,13-15H2,1-2H3,(H,22,25). The van der Waals surface area contributed by atoms with Gasteiger partial charge in [-0.05, 0) is 42.7 Å². The van der Waals surface area contributed by atoms with Gasteiger partial charge in [0.05, 0.1) is 5.75 Å². The third kappa shape index (κ3) is 6.81. The quantitative estimate of drug-likeness (QED) is 0.588. The van der Waals surface area contributed by atoms with Gasteiger partial charge in [-0.1, -0.05) is 38.1 Å². The predicted molar refractivity (Wildman–Crippen MR) is 112 cm³/mol. The number of anilines is 2. The molecule has 2 aromatic carbocycles. The highest BCUT2D eigenvalue weighted by atomic mass is 32.2. The Kier molecular flexibility index (Phi) is 7.75. The van der Waals surface area contributed by atoms with Crippen molar-refractivity contribution in [3.63, 3.8) is 0 Å². The van der Waals surface area contributed by atoms with E-state index < -0.39 is 10.0 Å². The van der Waals surface area contributed by atoms with E-state index in [4.69, 9.17) is 0 Å². The summed E-state index contributed by atoms with van der Waals surface area (Å²) in [5, 5.41) is 2.71. The molecule has 0 radical (unpaired) electrons. The van der Waals surface area contributed by atoms with Crippen LogP contribution in [-0.4, -0.2) is 25.9 Å². The Labute approximate surface area is 166 Å². The minimum Gasteiger partial charge on any atom is -0.326 e. The van der Waals surface area contributed by atoms with Crippen molar-refractivity contribution in [1.82, 2.24) is 0 Å². The Hall–Kier alpha value is -2.67. The van der Waals surface area contributed by atoms with E-state index in [0.29, 0.717) is 23.4 Å². The Bertz CT molecular complexity index is 904. The van der Waals surface area contributed by atoms with Gasteiger partial charge in [0.1, 0.15) is 0 Å². The molecule has 0 aromatic heterocycles. The van der Waals surface area contributed by atoms with E-state index in [1.807, 2.05) is 19.1 Å². The molecule has 0 fully saturated rings. The highest BCUT2D eigenvalue weighted by molar-refractivity contribution is 7.92. The second-order valence-electron chi connectivity index (χ2n) is 6.52. The molecule has 0 saturated heterocycles. The van der Waals surface area contributed by atoms with Crippen molar-refractivity contribution in [3.8, 4) is 0 Å². The lowest BCUT2D eigenvalue weighted by Crippen LogP contribution is -2.16. The molecule has 0 spiro atoms. The molecule has 150 valence electrons. The van der Waals surface area contributed by atoms with Gasteiger partial charge in [-0.25, -0.2) is 8.42 Å². The molecule has 2 N–H and O–H groups in total. The van der Waals surface area contributed by atoms with Crippen molar-refractivity contribution in [1.29, 1.82) is 0 Å². The molecule has 0 aliphatic heterocycles. The molecule has 0 saturated carbocycles. The van der Waals surface area contributed by atoms with Crippen molar-refractivity contribution >= 4 is 33.1 Å². The maximum Gasteiger partial charge on any atom is 0.232 e. The normalized spacial score (nSPS) is 11.1. The summed E-state index contributed by atoms with van der Waals surface area (Å²) in [6, 6.07) is 13.8. The molecule has 0 aliphatic carbocycles. The first-order valence-electron chi connectivity index (χ1n) is 9.35. The fourth-order valence-corrected chi connectivity index (χ4v) is 3.78. The molecule has 6 nitrogen and oxygen atoms in total. The van der Waals surface area contributed by atoms with Gasteiger partial charge in [0, 0.05) is 29.8 Å². The van der Waals surface area contributed by atoms with Crippen LogP contribution in [0.15, 0.2) is 48.5 Å². The second kappa shape index (κ2) is 10.0. The van der Waals surface area contributed by atoms with Gasteiger partial charge >= 0.3 is 0 Å². The van der Waals surface area contributed by atoms with Crippen LogP contribution in [0.2, 0.25) is 0 Å². The lowest BCUT2D eigenvalue weighted by atomic mass is 10.0. The van der Waals surface area contributed by atoms with Gasteiger partial charge in [0.25, 0.3) is 0 Å². The molecular weight excluding hydrogens is 376 g/mol. The third-order valence-corrected chi connectivity index (χ3v) is 5.67. The Morgan fingerprint density at radius 2 is 1.46 bits per heavy atom. The van der Waals surface area contributed by atoms with E-state index in [2.05, 4.69) is 10.0 Å². The van der Waals surface area contributed by atoms with E-state index in [0.717, 1.165) is 12.0 Å². The SMILES string of the molecule is CCCS(=O)(=O)Nc1ccc(NC(=O)CCC(=O)c2ccc(CC)cc2)cc1. The number of rotatable bonds is 10. The molecule has 28 heavy (non-hydrogen) atoms. The third-order valence-electron chi connectivity index (χ3n) is 4.18. The van der Waals surface area contributed by atoms with Crippen molar-refractivity contribution in [2.75, 3.05) is 15.8 Å². The summed E-state index contributed by atoms with van der Waals surface area (Å²) in [6.07, 6.45) is 1.66. The van der Waals surface area contributed by atoms with Gasteiger partial charge in [0.15, 0.2) is 5.78 Å². The van der Waals surface area contributed by atoms with Crippen LogP contribution in [0.4, 0.5) is 11.4 Å². The van der Waals surface area contributed by atoms with Crippen LogP contribution < -0.4 is 10.0 Å². The van der Waals surface area contributed by atoms with Crippen molar-refractivity contribution in [2.24, 2.45) is 0 Å². The Morgan fingerprint density at radius 3 is 2.04 bits per heavy atom. The van der Waals surface area contributed by atoms with Crippen LogP contribution in [-0.2, 0) is 21.2 Å². The number of carbonyl (C=O) groups excluding carboxylic acids is 2. The zero-order valence-electron chi connectivity index (χ0n) is 16.2. The number of amides is 1. The predicted octanol–water partition coefficient (Wildman–Crippen LogP) is 4.00. The van der Waals surface area contributed by atoms with E-state index >= 15 is 0 Å². The maximum absolute atomic E-state index is 12.2. The maximum atomic E-state index is 12.2. The lowest BCUT2D eigenvalue weighted by Gasteiger charge is -2.09. The Balaban J connectivity index is 1.84. The number of ketones is 1. The number of aryl methyl sites for hydroxylation is 1. The molecular formula is C21H26N2O4S. The number of hydrogen-bond donors (Lipinski definition) is 2. The van der Waals surface area contributed by atoms with E-state index in [-0.39, 0.29) is 30.3 Å². The molecule has 0 aliphatic rings.